The van der Waals surface area contributed by atoms with Crippen molar-refractivity contribution in [2.45, 2.75) is 25.8 Å². The first kappa shape index (κ1) is 14.8. The molecule has 0 saturated carbocycles. The molecule has 1 aromatic rings. The number of amides is 1. The van der Waals surface area contributed by atoms with Gasteiger partial charge in [-0.2, -0.15) is 0 Å². The molecule has 1 amide bonds. The van der Waals surface area contributed by atoms with Crippen LogP contribution in [0.3, 0.4) is 0 Å². The lowest BCUT2D eigenvalue weighted by Gasteiger charge is -2.35. The van der Waals surface area contributed by atoms with Crippen LogP contribution in [0.5, 0.6) is 0 Å². The van der Waals surface area contributed by atoms with Crippen molar-refractivity contribution >= 4 is 11.6 Å². The highest BCUT2D eigenvalue weighted by atomic mass is 19.1. The van der Waals surface area contributed by atoms with Gasteiger partial charge < -0.3 is 15.5 Å². The zero-order chi connectivity index (χ0) is 14.9. The van der Waals surface area contributed by atoms with Gasteiger partial charge >= 0.3 is 0 Å². The number of carbonyl (C=O) groups excluding carboxylic acids is 1. The Balaban J connectivity index is 2.09. The molecule has 1 heterocycles. The van der Waals surface area contributed by atoms with Crippen molar-refractivity contribution in [3.63, 3.8) is 0 Å². The lowest BCUT2D eigenvalue weighted by molar-refractivity contribution is 0.0663. The van der Waals surface area contributed by atoms with Crippen LogP contribution < -0.4 is 5.73 Å². The second-order valence-electron chi connectivity index (χ2n) is 5.66. The minimum Gasteiger partial charge on any atom is -0.398 e. The molecule has 1 aliphatic heterocycles. The maximum atomic E-state index is 13.7. The van der Waals surface area contributed by atoms with E-state index in [0.29, 0.717) is 35.9 Å². The third kappa shape index (κ3) is 2.93. The number of anilines is 1. The Labute approximate surface area is 119 Å². The largest absolute Gasteiger partial charge is 0.398 e. The second kappa shape index (κ2) is 5.79. The fourth-order valence-corrected chi connectivity index (χ4v) is 2.59. The summed E-state index contributed by atoms with van der Waals surface area (Å²) < 4.78 is 13.7. The molecule has 4 nitrogen and oxygen atoms in total. The number of hydrogen-bond donors (Lipinski definition) is 1. The summed E-state index contributed by atoms with van der Waals surface area (Å²) in [7, 11) is 4.11. The lowest BCUT2D eigenvalue weighted by atomic mass is 10.0. The van der Waals surface area contributed by atoms with Crippen LogP contribution in [0.25, 0.3) is 0 Å². The van der Waals surface area contributed by atoms with E-state index >= 15 is 0 Å². The molecular formula is C15H22FN3O. The van der Waals surface area contributed by atoms with E-state index in [1.807, 2.05) is 0 Å². The molecule has 0 aromatic heterocycles. The fraction of sp³-hybridized carbons (Fsp3) is 0.533. The summed E-state index contributed by atoms with van der Waals surface area (Å²) in [6, 6.07) is 3.36. The van der Waals surface area contributed by atoms with Crippen molar-refractivity contribution in [1.82, 2.24) is 9.80 Å². The summed E-state index contributed by atoms with van der Waals surface area (Å²) in [5.74, 6) is -0.552. The first-order chi connectivity index (χ1) is 9.40. The number of nitrogens with zero attached hydrogens (tertiary/aromatic N) is 2. The summed E-state index contributed by atoms with van der Waals surface area (Å²) in [6.45, 7) is 3.02. The maximum absolute atomic E-state index is 13.7. The van der Waals surface area contributed by atoms with Crippen LogP contribution in [0.15, 0.2) is 12.1 Å². The summed E-state index contributed by atoms with van der Waals surface area (Å²) in [5.41, 5.74) is 6.80. The summed E-state index contributed by atoms with van der Waals surface area (Å²) >= 11 is 0. The minimum atomic E-state index is -0.420. The Morgan fingerprint density at radius 3 is 2.45 bits per heavy atom. The average Bonchev–Trinajstić information content (AvgIpc) is 2.43. The topological polar surface area (TPSA) is 49.6 Å². The standard InChI is InChI=1S/C15H22FN3O/c1-10-13(16)8-11(9-14(10)17)15(20)19-6-4-12(5-7-19)18(2)3/h8-9,12H,4-7,17H2,1-3H3. The number of piperidine rings is 1. The number of hydrogen-bond acceptors (Lipinski definition) is 3. The van der Waals surface area contributed by atoms with Gasteiger partial charge in [0, 0.05) is 35.9 Å². The van der Waals surface area contributed by atoms with Crippen LogP contribution in [0, 0.1) is 12.7 Å². The van der Waals surface area contributed by atoms with Gasteiger partial charge in [0.15, 0.2) is 0 Å². The highest BCUT2D eigenvalue weighted by Crippen LogP contribution is 2.21. The highest BCUT2D eigenvalue weighted by Gasteiger charge is 2.25. The van der Waals surface area contributed by atoms with Gasteiger partial charge in [0.05, 0.1) is 0 Å². The van der Waals surface area contributed by atoms with E-state index in [0.717, 1.165) is 12.8 Å². The normalized spacial score (nSPS) is 16.8. The van der Waals surface area contributed by atoms with Gasteiger partial charge in [-0.15, -0.1) is 0 Å². The summed E-state index contributed by atoms with van der Waals surface area (Å²) in [6.07, 6.45) is 1.89. The third-order valence-corrected chi connectivity index (χ3v) is 4.11. The molecule has 1 fully saturated rings. The summed E-state index contributed by atoms with van der Waals surface area (Å²) in [5, 5.41) is 0. The first-order valence-electron chi connectivity index (χ1n) is 6.91. The quantitative estimate of drug-likeness (QED) is 0.841. The average molecular weight is 279 g/mol. The van der Waals surface area contributed by atoms with Crippen molar-refractivity contribution in [3.8, 4) is 0 Å². The van der Waals surface area contributed by atoms with Crippen molar-refractivity contribution in [3.05, 3.63) is 29.1 Å². The Morgan fingerprint density at radius 1 is 1.35 bits per heavy atom. The Bertz CT molecular complexity index is 485. The molecule has 2 rings (SSSR count). The fourth-order valence-electron chi connectivity index (χ4n) is 2.59. The number of nitrogens with two attached hydrogens (primary N) is 1. The molecule has 0 radical (unpaired) electrons. The molecule has 0 unspecified atom stereocenters. The monoisotopic (exact) mass is 279 g/mol. The summed E-state index contributed by atoms with van der Waals surface area (Å²) in [4.78, 5) is 16.3. The van der Waals surface area contributed by atoms with Crippen molar-refractivity contribution < 1.29 is 9.18 Å². The molecule has 1 aromatic carbocycles. The molecule has 1 aliphatic rings. The van der Waals surface area contributed by atoms with Gasteiger partial charge in [-0.05, 0) is 46.0 Å². The minimum absolute atomic E-state index is 0.132. The molecule has 0 spiro atoms. The van der Waals surface area contributed by atoms with E-state index in [4.69, 9.17) is 5.73 Å². The SMILES string of the molecule is Cc1c(N)cc(C(=O)N2CCC(N(C)C)CC2)cc1F. The van der Waals surface area contributed by atoms with E-state index in [2.05, 4.69) is 19.0 Å². The number of nitrogen functional groups attached to an aromatic ring is 1. The molecule has 0 aliphatic carbocycles. The molecule has 0 bridgehead atoms. The van der Waals surface area contributed by atoms with E-state index in [1.165, 1.54) is 6.07 Å². The van der Waals surface area contributed by atoms with Crippen LogP contribution in [-0.2, 0) is 0 Å². The van der Waals surface area contributed by atoms with Crippen molar-refractivity contribution in [2.24, 2.45) is 0 Å². The molecule has 2 N–H and O–H groups in total. The van der Waals surface area contributed by atoms with Crippen LogP contribution in [0.1, 0.15) is 28.8 Å². The van der Waals surface area contributed by atoms with Crippen molar-refractivity contribution in [2.75, 3.05) is 32.9 Å². The third-order valence-electron chi connectivity index (χ3n) is 4.11. The first-order valence-corrected chi connectivity index (χ1v) is 6.91. The van der Waals surface area contributed by atoms with Gasteiger partial charge in [0.25, 0.3) is 5.91 Å². The number of rotatable bonds is 2. The van der Waals surface area contributed by atoms with Gasteiger partial charge in [-0.3, -0.25) is 4.79 Å². The molecule has 5 heteroatoms. The molecular weight excluding hydrogens is 257 g/mol. The molecule has 1 saturated heterocycles. The van der Waals surface area contributed by atoms with Crippen LogP contribution in [-0.4, -0.2) is 48.9 Å². The predicted molar refractivity (Wildman–Crippen MR) is 78.2 cm³/mol. The predicted octanol–water partition coefficient (Wildman–Crippen LogP) is 1.88. The zero-order valence-electron chi connectivity index (χ0n) is 12.3. The Hall–Kier alpha value is -1.62. The number of benzene rings is 1. The van der Waals surface area contributed by atoms with E-state index in [-0.39, 0.29) is 5.91 Å². The lowest BCUT2D eigenvalue weighted by Crippen LogP contribution is -2.44. The smallest absolute Gasteiger partial charge is 0.254 e. The van der Waals surface area contributed by atoms with E-state index < -0.39 is 5.82 Å². The van der Waals surface area contributed by atoms with E-state index in [1.54, 1.807) is 17.9 Å². The molecule has 0 atom stereocenters. The highest BCUT2D eigenvalue weighted by molar-refractivity contribution is 5.95. The number of halogens is 1. The van der Waals surface area contributed by atoms with Gasteiger partial charge in [0.1, 0.15) is 5.82 Å². The molecule has 20 heavy (non-hydrogen) atoms. The van der Waals surface area contributed by atoms with Crippen molar-refractivity contribution in [1.29, 1.82) is 0 Å². The number of likely N-dealkylation sites (tertiary alicyclic amines) is 1. The Morgan fingerprint density at radius 2 is 1.95 bits per heavy atom. The Kier molecular flexibility index (Phi) is 4.28. The maximum Gasteiger partial charge on any atom is 0.254 e. The van der Waals surface area contributed by atoms with Crippen LogP contribution >= 0.6 is 0 Å². The van der Waals surface area contributed by atoms with Crippen LogP contribution in [0.2, 0.25) is 0 Å². The number of carbonyl (C=O) groups is 1. The molecule has 110 valence electrons. The second-order valence-corrected chi connectivity index (χ2v) is 5.66. The van der Waals surface area contributed by atoms with Gasteiger partial charge in [0.2, 0.25) is 0 Å². The van der Waals surface area contributed by atoms with Crippen LogP contribution in [0.4, 0.5) is 10.1 Å². The van der Waals surface area contributed by atoms with Gasteiger partial charge in [-0.1, -0.05) is 0 Å². The van der Waals surface area contributed by atoms with Gasteiger partial charge in [-0.25, -0.2) is 4.39 Å². The van der Waals surface area contributed by atoms with E-state index in [9.17, 15) is 9.18 Å². The zero-order valence-corrected chi connectivity index (χ0v) is 12.3.